The first-order valence-electron chi connectivity index (χ1n) is 13.7. The fraction of sp³-hybridized carbons (Fsp3) is 0.235. The lowest BCUT2D eigenvalue weighted by Crippen LogP contribution is -2.31. The smallest absolute Gasteiger partial charge is 0.407 e. The van der Waals surface area contributed by atoms with E-state index in [4.69, 9.17) is 18.9 Å². The van der Waals surface area contributed by atoms with Crippen molar-refractivity contribution in [3.05, 3.63) is 113 Å². The van der Waals surface area contributed by atoms with Gasteiger partial charge in [-0.05, 0) is 58.0 Å². The zero-order valence-corrected chi connectivity index (χ0v) is 23.8. The van der Waals surface area contributed by atoms with Crippen molar-refractivity contribution in [2.75, 3.05) is 27.9 Å². The van der Waals surface area contributed by atoms with E-state index in [0.29, 0.717) is 28.4 Å². The average Bonchev–Trinajstić information content (AvgIpc) is 3.34. The summed E-state index contributed by atoms with van der Waals surface area (Å²) in [7, 11) is 4.64. The number of hydrogen-bond acceptors (Lipinski definition) is 6. The van der Waals surface area contributed by atoms with Gasteiger partial charge in [0.1, 0.15) is 23.9 Å². The van der Waals surface area contributed by atoms with Crippen molar-refractivity contribution >= 4 is 12.1 Å². The zero-order valence-electron chi connectivity index (χ0n) is 23.8. The molecule has 0 saturated carbocycles. The van der Waals surface area contributed by atoms with Crippen LogP contribution in [-0.2, 0) is 16.0 Å². The molecule has 42 heavy (non-hydrogen) atoms. The first-order chi connectivity index (χ1) is 20.4. The number of alkyl carbamates (subject to hydrolysis) is 1. The van der Waals surface area contributed by atoms with Crippen molar-refractivity contribution in [2.24, 2.45) is 0 Å². The Morgan fingerprint density at radius 2 is 1.43 bits per heavy atom. The van der Waals surface area contributed by atoms with Crippen LogP contribution in [0.2, 0.25) is 0 Å². The summed E-state index contributed by atoms with van der Waals surface area (Å²) < 4.78 is 22.4. The molecule has 0 aromatic heterocycles. The summed E-state index contributed by atoms with van der Waals surface area (Å²) >= 11 is 0. The Morgan fingerprint density at radius 1 is 0.810 bits per heavy atom. The summed E-state index contributed by atoms with van der Waals surface area (Å²) in [6, 6.07) is 26.5. The van der Waals surface area contributed by atoms with Crippen LogP contribution < -0.4 is 19.5 Å². The SMILES string of the molecule is COc1ccc(C(NC(=O)OCC2c3ccccc3-c3ccccc32)c2cc(CCC(=O)O)c(OC)cc2OC)cc1. The Labute approximate surface area is 244 Å². The second-order valence-electron chi connectivity index (χ2n) is 9.98. The molecule has 216 valence electrons. The van der Waals surface area contributed by atoms with E-state index in [1.807, 2.05) is 54.6 Å². The van der Waals surface area contributed by atoms with Gasteiger partial charge in [-0.1, -0.05) is 60.7 Å². The third-order valence-electron chi connectivity index (χ3n) is 7.61. The molecule has 2 N–H and O–H groups in total. The highest BCUT2D eigenvalue weighted by Crippen LogP contribution is 2.44. The predicted molar refractivity (Wildman–Crippen MR) is 159 cm³/mol. The van der Waals surface area contributed by atoms with Gasteiger partial charge < -0.3 is 29.4 Å². The highest BCUT2D eigenvalue weighted by atomic mass is 16.5. The van der Waals surface area contributed by atoms with Crippen molar-refractivity contribution in [1.82, 2.24) is 5.32 Å². The fourth-order valence-electron chi connectivity index (χ4n) is 5.55. The number of aliphatic carboxylic acids is 1. The Kier molecular flexibility index (Phi) is 8.62. The first-order valence-corrected chi connectivity index (χ1v) is 13.7. The molecule has 1 amide bonds. The quantitative estimate of drug-likeness (QED) is 0.217. The Morgan fingerprint density at radius 3 is 2.00 bits per heavy atom. The van der Waals surface area contributed by atoms with Crippen molar-refractivity contribution < 1.29 is 33.6 Å². The first kappa shape index (κ1) is 28.5. The predicted octanol–water partition coefficient (Wildman–Crippen LogP) is 6.36. The van der Waals surface area contributed by atoms with Crippen LogP contribution in [0.1, 0.15) is 46.2 Å². The van der Waals surface area contributed by atoms with E-state index in [1.54, 1.807) is 13.2 Å². The molecule has 1 aliphatic rings. The van der Waals surface area contributed by atoms with Crippen molar-refractivity contribution in [3.8, 4) is 28.4 Å². The van der Waals surface area contributed by atoms with Gasteiger partial charge >= 0.3 is 12.1 Å². The molecule has 1 atom stereocenters. The van der Waals surface area contributed by atoms with Crippen molar-refractivity contribution in [1.29, 1.82) is 0 Å². The number of fused-ring (bicyclic) bond motifs is 3. The van der Waals surface area contributed by atoms with E-state index < -0.39 is 18.1 Å². The number of benzene rings is 4. The van der Waals surface area contributed by atoms with E-state index in [-0.39, 0.29) is 25.4 Å². The largest absolute Gasteiger partial charge is 0.497 e. The van der Waals surface area contributed by atoms with Crippen LogP contribution in [0.15, 0.2) is 84.9 Å². The van der Waals surface area contributed by atoms with E-state index in [2.05, 4.69) is 29.6 Å². The molecule has 0 saturated heterocycles. The van der Waals surface area contributed by atoms with Gasteiger partial charge in [0.15, 0.2) is 0 Å². The number of hydrogen-bond donors (Lipinski definition) is 2. The molecule has 4 aromatic carbocycles. The van der Waals surface area contributed by atoms with E-state index in [9.17, 15) is 14.7 Å². The maximum absolute atomic E-state index is 13.4. The van der Waals surface area contributed by atoms with Gasteiger partial charge in [0, 0.05) is 24.0 Å². The average molecular weight is 568 g/mol. The number of carbonyl (C=O) groups excluding carboxylic acids is 1. The molecule has 0 bridgehead atoms. The van der Waals surface area contributed by atoms with Crippen molar-refractivity contribution in [2.45, 2.75) is 24.8 Å². The summed E-state index contributed by atoms with van der Waals surface area (Å²) in [4.78, 5) is 24.8. The molecule has 8 heteroatoms. The van der Waals surface area contributed by atoms with Gasteiger partial charge in [0.25, 0.3) is 0 Å². The maximum Gasteiger partial charge on any atom is 0.407 e. The monoisotopic (exact) mass is 567 g/mol. The molecular weight excluding hydrogens is 534 g/mol. The number of carbonyl (C=O) groups is 2. The third-order valence-corrected chi connectivity index (χ3v) is 7.61. The normalized spacial score (nSPS) is 12.5. The van der Waals surface area contributed by atoms with Crippen LogP contribution in [0.5, 0.6) is 17.2 Å². The van der Waals surface area contributed by atoms with Gasteiger partial charge in [0.05, 0.1) is 27.4 Å². The summed E-state index contributed by atoms with van der Waals surface area (Å²) in [5.74, 6) is 0.651. The molecule has 0 fully saturated rings. The summed E-state index contributed by atoms with van der Waals surface area (Å²) in [5.41, 5.74) is 6.62. The van der Waals surface area contributed by atoms with Gasteiger partial charge in [-0.3, -0.25) is 4.79 Å². The molecule has 8 nitrogen and oxygen atoms in total. The lowest BCUT2D eigenvalue weighted by Gasteiger charge is -2.24. The van der Waals surface area contributed by atoms with Crippen LogP contribution in [-0.4, -0.2) is 45.1 Å². The summed E-state index contributed by atoms with van der Waals surface area (Å²) in [6.45, 7) is 0.165. The van der Waals surface area contributed by atoms with Gasteiger partial charge in [0.2, 0.25) is 0 Å². The van der Waals surface area contributed by atoms with Crippen LogP contribution in [0.4, 0.5) is 4.79 Å². The highest BCUT2D eigenvalue weighted by Gasteiger charge is 2.30. The summed E-state index contributed by atoms with van der Waals surface area (Å²) in [6.07, 6.45) is -0.423. The van der Waals surface area contributed by atoms with E-state index >= 15 is 0 Å². The molecular formula is C34H33NO7. The Hall–Kier alpha value is -4.98. The standard InChI is InChI=1S/C34H33NO7/c1-39-23-15-12-21(13-16-23)33(28-18-22(14-17-32(36)37)30(40-2)19-31(28)41-3)35-34(38)42-20-29-26-10-6-4-8-24(26)25-9-5-7-11-27(25)29/h4-13,15-16,18-19,29,33H,14,17,20H2,1-3H3,(H,35,38)(H,36,37). The van der Waals surface area contributed by atoms with E-state index in [0.717, 1.165) is 27.8 Å². The Balaban J connectivity index is 1.45. The third kappa shape index (κ3) is 5.88. The minimum absolute atomic E-state index is 0.0743. The highest BCUT2D eigenvalue weighted by molar-refractivity contribution is 5.79. The Bertz CT molecular complexity index is 1540. The van der Waals surface area contributed by atoms with E-state index in [1.165, 1.54) is 14.2 Å². The lowest BCUT2D eigenvalue weighted by molar-refractivity contribution is -0.136. The number of nitrogens with one attached hydrogen (secondary N) is 1. The fourth-order valence-corrected chi connectivity index (χ4v) is 5.55. The number of ether oxygens (including phenoxy) is 4. The number of rotatable bonds is 11. The summed E-state index contributed by atoms with van der Waals surface area (Å²) in [5, 5.41) is 12.3. The molecule has 5 rings (SSSR count). The topological polar surface area (TPSA) is 103 Å². The number of aryl methyl sites for hydroxylation is 1. The molecule has 1 aliphatic carbocycles. The maximum atomic E-state index is 13.4. The van der Waals surface area contributed by atoms with Crippen molar-refractivity contribution in [3.63, 3.8) is 0 Å². The second kappa shape index (κ2) is 12.7. The number of carboxylic acid groups (broad SMARTS) is 1. The number of methoxy groups -OCH3 is 3. The molecule has 4 aromatic rings. The second-order valence-corrected chi connectivity index (χ2v) is 9.98. The molecule has 1 unspecified atom stereocenters. The number of carboxylic acids is 1. The van der Waals surface area contributed by atoms with Crippen LogP contribution in [0.3, 0.4) is 0 Å². The molecule has 0 heterocycles. The van der Waals surface area contributed by atoms with Crippen LogP contribution in [0, 0.1) is 0 Å². The minimum Gasteiger partial charge on any atom is -0.497 e. The van der Waals surface area contributed by atoms with Crippen LogP contribution in [0.25, 0.3) is 11.1 Å². The molecule has 0 radical (unpaired) electrons. The molecule has 0 spiro atoms. The zero-order chi connectivity index (χ0) is 29.6. The van der Waals surface area contributed by atoms with Gasteiger partial charge in [-0.25, -0.2) is 4.79 Å². The lowest BCUT2D eigenvalue weighted by atomic mass is 9.94. The number of amides is 1. The van der Waals surface area contributed by atoms with Crippen LogP contribution >= 0.6 is 0 Å². The molecule has 0 aliphatic heterocycles. The van der Waals surface area contributed by atoms with Gasteiger partial charge in [-0.2, -0.15) is 0 Å². The van der Waals surface area contributed by atoms with Gasteiger partial charge in [-0.15, -0.1) is 0 Å². The minimum atomic E-state index is -0.919.